The van der Waals surface area contributed by atoms with Crippen LogP contribution in [0.25, 0.3) is 44.1 Å². The molecular formula is C26H17N. The molecule has 0 fully saturated rings. The van der Waals surface area contributed by atoms with Gasteiger partial charge in [-0.15, -0.1) is 6.42 Å². The molecule has 1 heteroatoms. The van der Waals surface area contributed by atoms with E-state index in [-0.39, 0.29) is 0 Å². The van der Waals surface area contributed by atoms with E-state index in [1.165, 1.54) is 21.9 Å². The second kappa shape index (κ2) is 6.20. The van der Waals surface area contributed by atoms with Gasteiger partial charge in [-0.25, -0.2) is 0 Å². The molecule has 1 N–H and O–H groups in total. The number of H-pyrrole nitrogens is 1. The van der Waals surface area contributed by atoms with Gasteiger partial charge < -0.3 is 4.98 Å². The van der Waals surface area contributed by atoms with E-state index >= 15 is 0 Å². The largest absolute Gasteiger partial charge is 0.354 e. The number of hydrogen-bond donors (Lipinski definition) is 1. The summed E-state index contributed by atoms with van der Waals surface area (Å²) in [5.41, 5.74) is 7.88. The lowest BCUT2D eigenvalue weighted by Gasteiger charge is -2.12. The van der Waals surface area contributed by atoms with Crippen molar-refractivity contribution in [3.63, 3.8) is 0 Å². The maximum absolute atomic E-state index is 5.67. The highest BCUT2D eigenvalue weighted by molar-refractivity contribution is 6.12. The fraction of sp³-hybridized carbons (Fsp3) is 0. The summed E-state index contributed by atoms with van der Waals surface area (Å²) in [7, 11) is 0. The van der Waals surface area contributed by atoms with Gasteiger partial charge in [-0.1, -0.05) is 78.7 Å². The van der Waals surface area contributed by atoms with E-state index < -0.39 is 0 Å². The Balaban J connectivity index is 1.84. The third-order valence-corrected chi connectivity index (χ3v) is 5.10. The number of rotatable bonds is 2. The highest BCUT2D eigenvalue weighted by Gasteiger charge is 2.13. The van der Waals surface area contributed by atoms with E-state index in [2.05, 4.69) is 89.8 Å². The minimum Gasteiger partial charge on any atom is -0.354 e. The molecule has 0 saturated heterocycles. The van der Waals surface area contributed by atoms with Gasteiger partial charge >= 0.3 is 0 Å². The molecule has 0 amide bonds. The summed E-state index contributed by atoms with van der Waals surface area (Å²) in [5, 5.41) is 2.49. The van der Waals surface area contributed by atoms with Crippen molar-refractivity contribution < 1.29 is 0 Å². The van der Waals surface area contributed by atoms with Crippen LogP contribution in [0.5, 0.6) is 0 Å². The average Bonchev–Trinajstić information content (AvgIpc) is 3.13. The summed E-state index contributed by atoms with van der Waals surface area (Å²) in [6.45, 7) is 0. The Morgan fingerprint density at radius 2 is 1.41 bits per heavy atom. The standard InChI is InChI=1S/C26H17N/c1-2-18-15-16-20(24(17-18)19-9-4-3-5-10-19)22-12-8-13-23-21-11-6-7-14-25(21)27-26(22)23/h1,3-17,27H. The number of fused-ring (bicyclic) bond motifs is 3. The molecular weight excluding hydrogens is 326 g/mol. The van der Waals surface area contributed by atoms with Crippen molar-refractivity contribution in [3.8, 4) is 34.6 Å². The Bertz CT molecular complexity index is 1320. The molecule has 0 saturated carbocycles. The number of aromatic amines is 1. The maximum atomic E-state index is 5.67. The van der Waals surface area contributed by atoms with E-state index in [0.29, 0.717) is 0 Å². The summed E-state index contributed by atoms with van der Waals surface area (Å²) in [6.07, 6.45) is 5.67. The van der Waals surface area contributed by atoms with E-state index in [0.717, 1.165) is 27.7 Å². The van der Waals surface area contributed by atoms with Gasteiger partial charge in [-0.3, -0.25) is 0 Å². The van der Waals surface area contributed by atoms with Crippen LogP contribution in [0.15, 0.2) is 91.0 Å². The Kier molecular flexibility index (Phi) is 3.56. The topological polar surface area (TPSA) is 15.8 Å². The Morgan fingerprint density at radius 1 is 0.630 bits per heavy atom. The molecule has 0 aliphatic rings. The predicted octanol–water partition coefficient (Wildman–Crippen LogP) is 6.64. The fourth-order valence-corrected chi connectivity index (χ4v) is 3.82. The fourth-order valence-electron chi connectivity index (χ4n) is 3.82. The van der Waals surface area contributed by atoms with Crippen molar-refractivity contribution in [2.75, 3.05) is 0 Å². The highest BCUT2D eigenvalue weighted by Crippen LogP contribution is 2.38. The van der Waals surface area contributed by atoms with Crippen molar-refractivity contribution in [2.24, 2.45) is 0 Å². The minimum atomic E-state index is 0.890. The van der Waals surface area contributed by atoms with Crippen LogP contribution in [-0.2, 0) is 0 Å². The quantitative estimate of drug-likeness (QED) is 0.346. The number of para-hydroxylation sites is 2. The predicted molar refractivity (Wildman–Crippen MR) is 115 cm³/mol. The first-order valence-corrected chi connectivity index (χ1v) is 9.01. The Labute approximate surface area is 158 Å². The molecule has 0 aliphatic carbocycles. The van der Waals surface area contributed by atoms with Gasteiger partial charge in [0.15, 0.2) is 0 Å². The first-order valence-electron chi connectivity index (χ1n) is 9.01. The van der Waals surface area contributed by atoms with E-state index in [1.54, 1.807) is 0 Å². The molecule has 5 aromatic rings. The smallest absolute Gasteiger partial charge is 0.0544 e. The van der Waals surface area contributed by atoms with Crippen molar-refractivity contribution in [1.29, 1.82) is 0 Å². The van der Waals surface area contributed by atoms with Crippen LogP contribution in [-0.4, -0.2) is 4.98 Å². The zero-order chi connectivity index (χ0) is 18.2. The molecule has 0 bridgehead atoms. The maximum Gasteiger partial charge on any atom is 0.0544 e. The van der Waals surface area contributed by atoms with E-state index in [4.69, 9.17) is 6.42 Å². The lowest BCUT2D eigenvalue weighted by atomic mass is 9.92. The summed E-state index contributed by atoms with van der Waals surface area (Å²) in [4.78, 5) is 3.61. The van der Waals surface area contributed by atoms with Crippen LogP contribution in [0.1, 0.15) is 5.56 Å². The van der Waals surface area contributed by atoms with Crippen molar-refractivity contribution in [2.45, 2.75) is 0 Å². The lowest BCUT2D eigenvalue weighted by Crippen LogP contribution is -1.88. The van der Waals surface area contributed by atoms with Gasteiger partial charge in [0.1, 0.15) is 0 Å². The first kappa shape index (κ1) is 15.5. The zero-order valence-corrected chi connectivity index (χ0v) is 14.7. The van der Waals surface area contributed by atoms with Gasteiger partial charge in [0, 0.05) is 27.4 Å². The van der Waals surface area contributed by atoms with Crippen molar-refractivity contribution >= 4 is 21.8 Å². The third kappa shape index (κ3) is 2.51. The molecule has 5 rings (SSSR count). The number of nitrogens with one attached hydrogen (secondary N) is 1. The Hall–Kier alpha value is -3.76. The number of aromatic nitrogens is 1. The van der Waals surface area contributed by atoms with E-state index in [1.807, 2.05) is 12.1 Å². The molecule has 0 radical (unpaired) electrons. The second-order valence-corrected chi connectivity index (χ2v) is 6.67. The monoisotopic (exact) mass is 343 g/mol. The highest BCUT2D eigenvalue weighted by atomic mass is 14.7. The van der Waals surface area contributed by atoms with Gasteiger partial charge in [-0.2, -0.15) is 0 Å². The van der Waals surface area contributed by atoms with Crippen LogP contribution in [0.3, 0.4) is 0 Å². The van der Waals surface area contributed by atoms with Crippen LogP contribution in [0.2, 0.25) is 0 Å². The first-order chi connectivity index (χ1) is 13.3. The normalized spacial score (nSPS) is 10.9. The molecule has 0 atom stereocenters. The molecule has 27 heavy (non-hydrogen) atoms. The third-order valence-electron chi connectivity index (χ3n) is 5.10. The van der Waals surface area contributed by atoms with Crippen LogP contribution in [0.4, 0.5) is 0 Å². The molecule has 126 valence electrons. The van der Waals surface area contributed by atoms with Crippen molar-refractivity contribution in [1.82, 2.24) is 4.98 Å². The van der Waals surface area contributed by atoms with Crippen molar-refractivity contribution in [3.05, 3.63) is 96.6 Å². The zero-order valence-electron chi connectivity index (χ0n) is 14.7. The lowest BCUT2D eigenvalue weighted by molar-refractivity contribution is 1.52. The summed E-state index contributed by atoms with van der Waals surface area (Å²) in [6, 6.07) is 31.6. The molecule has 4 aromatic carbocycles. The molecule has 1 nitrogen and oxygen atoms in total. The van der Waals surface area contributed by atoms with Gasteiger partial charge in [-0.05, 0) is 34.9 Å². The summed E-state index contributed by atoms with van der Waals surface area (Å²) in [5.74, 6) is 2.77. The molecule has 1 aromatic heterocycles. The second-order valence-electron chi connectivity index (χ2n) is 6.67. The van der Waals surface area contributed by atoms with E-state index in [9.17, 15) is 0 Å². The summed E-state index contributed by atoms with van der Waals surface area (Å²) < 4.78 is 0. The van der Waals surface area contributed by atoms with Crippen LogP contribution < -0.4 is 0 Å². The van der Waals surface area contributed by atoms with Gasteiger partial charge in [0.25, 0.3) is 0 Å². The molecule has 1 heterocycles. The molecule has 0 spiro atoms. The SMILES string of the molecule is C#Cc1ccc(-c2cccc3c2[nH]c2ccccc23)c(-c2ccccc2)c1. The minimum absolute atomic E-state index is 0.890. The van der Waals surface area contributed by atoms with Crippen LogP contribution >= 0.6 is 0 Å². The molecule has 0 aliphatic heterocycles. The summed E-state index contributed by atoms with van der Waals surface area (Å²) >= 11 is 0. The Morgan fingerprint density at radius 3 is 2.26 bits per heavy atom. The number of benzene rings is 4. The van der Waals surface area contributed by atoms with Gasteiger partial charge in [0.2, 0.25) is 0 Å². The average molecular weight is 343 g/mol. The number of terminal acetylenes is 1. The van der Waals surface area contributed by atoms with Gasteiger partial charge in [0.05, 0.1) is 5.52 Å². The van der Waals surface area contributed by atoms with Crippen LogP contribution in [0, 0.1) is 12.3 Å². The number of hydrogen-bond acceptors (Lipinski definition) is 0. The molecule has 0 unspecified atom stereocenters.